The van der Waals surface area contributed by atoms with Gasteiger partial charge in [-0.1, -0.05) is 13.0 Å². The molecule has 0 spiro atoms. The van der Waals surface area contributed by atoms with E-state index in [0.29, 0.717) is 18.0 Å². The molecule has 0 saturated carbocycles. The highest BCUT2D eigenvalue weighted by Gasteiger charge is 2.20. The minimum atomic E-state index is 0.107. The number of ether oxygens (including phenoxy) is 1. The maximum absolute atomic E-state index is 12.3. The first-order chi connectivity index (χ1) is 10.5. The van der Waals surface area contributed by atoms with E-state index in [0.717, 1.165) is 37.2 Å². The maximum atomic E-state index is 12.3. The molecule has 2 N–H and O–H groups in total. The molecule has 1 atom stereocenters. The Morgan fingerprint density at radius 1 is 1.45 bits per heavy atom. The number of benzene rings is 1. The molecule has 2 rings (SSSR count). The van der Waals surface area contributed by atoms with Crippen molar-refractivity contribution in [2.45, 2.75) is 52.6 Å². The number of nitrogen functional groups attached to an aromatic ring is 1. The molecular weight excluding hydrogens is 276 g/mol. The van der Waals surface area contributed by atoms with E-state index in [2.05, 4.69) is 6.92 Å². The zero-order valence-electron chi connectivity index (χ0n) is 14.0. The quantitative estimate of drug-likeness (QED) is 0.850. The molecule has 1 aliphatic rings. The number of piperidine rings is 1. The van der Waals surface area contributed by atoms with E-state index >= 15 is 0 Å². The fourth-order valence-electron chi connectivity index (χ4n) is 2.94. The van der Waals surface area contributed by atoms with Crippen LogP contribution >= 0.6 is 0 Å². The van der Waals surface area contributed by atoms with Crippen molar-refractivity contribution in [3.63, 3.8) is 0 Å². The molecule has 1 aromatic rings. The summed E-state index contributed by atoms with van der Waals surface area (Å²) in [6.07, 6.45) is 3.75. The van der Waals surface area contributed by atoms with Gasteiger partial charge in [-0.15, -0.1) is 0 Å². The van der Waals surface area contributed by atoms with E-state index in [1.807, 2.05) is 36.9 Å². The number of amides is 1. The molecule has 22 heavy (non-hydrogen) atoms. The van der Waals surface area contributed by atoms with Gasteiger partial charge in [-0.05, 0) is 56.7 Å². The van der Waals surface area contributed by atoms with Crippen molar-refractivity contribution >= 4 is 11.6 Å². The second kappa shape index (κ2) is 7.52. The van der Waals surface area contributed by atoms with Crippen LogP contribution in [0.4, 0.5) is 5.69 Å². The molecule has 1 aromatic carbocycles. The van der Waals surface area contributed by atoms with Crippen LogP contribution in [0, 0.1) is 5.92 Å². The van der Waals surface area contributed by atoms with Crippen molar-refractivity contribution in [2.75, 3.05) is 18.8 Å². The molecule has 4 nitrogen and oxygen atoms in total. The molecule has 1 fully saturated rings. The van der Waals surface area contributed by atoms with Crippen LogP contribution < -0.4 is 10.5 Å². The third-order valence-electron chi connectivity index (χ3n) is 4.07. The third-order valence-corrected chi connectivity index (χ3v) is 4.07. The van der Waals surface area contributed by atoms with Crippen molar-refractivity contribution in [3.05, 3.63) is 23.8 Å². The Bertz CT molecular complexity index is 514. The van der Waals surface area contributed by atoms with Crippen LogP contribution in [0.1, 0.15) is 45.6 Å². The number of nitrogens with zero attached hydrogens (tertiary/aromatic N) is 1. The molecule has 0 aromatic heterocycles. The van der Waals surface area contributed by atoms with Gasteiger partial charge >= 0.3 is 0 Å². The maximum Gasteiger partial charge on any atom is 0.222 e. The smallest absolute Gasteiger partial charge is 0.222 e. The van der Waals surface area contributed by atoms with Crippen molar-refractivity contribution in [2.24, 2.45) is 5.92 Å². The number of hydrogen-bond acceptors (Lipinski definition) is 3. The summed E-state index contributed by atoms with van der Waals surface area (Å²) in [5.41, 5.74) is 7.75. The number of likely N-dealkylation sites (tertiary alicyclic amines) is 1. The van der Waals surface area contributed by atoms with Crippen LogP contribution in [0.25, 0.3) is 0 Å². The zero-order valence-corrected chi connectivity index (χ0v) is 14.0. The van der Waals surface area contributed by atoms with Crippen LogP contribution in [0.2, 0.25) is 0 Å². The molecule has 1 aliphatic heterocycles. The Kier molecular flexibility index (Phi) is 5.69. The van der Waals surface area contributed by atoms with Crippen molar-refractivity contribution in [1.82, 2.24) is 4.90 Å². The van der Waals surface area contributed by atoms with Crippen LogP contribution in [0.5, 0.6) is 5.75 Å². The number of aryl methyl sites for hydroxylation is 1. The molecule has 1 unspecified atom stereocenters. The molecule has 0 radical (unpaired) electrons. The lowest BCUT2D eigenvalue weighted by atomic mass is 9.99. The van der Waals surface area contributed by atoms with Gasteiger partial charge in [0.2, 0.25) is 5.91 Å². The lowest BCUT2D eigenvalue weighted by Crippen LogP contribution is -2.39. The Morgan fingerprint density at radius 3 is 2.86 bits per heavy atom. The van der Waals surface area contributed by atoms with Gasteiger partial charge < -0.3 is 15.4 Å². The highest BCUT2D eigenvalue weighted by Crippen LogP contribution is 2.24. The van der Waals surface area contributed by atoms with Crippen molar-refractivity contribution in [1.29, 1.82) is 0 Å². The van der Waals surface area contributed by atoms with Crippen LogP contribution in [-0.4, -0.2) is 30.0 Å². The second-order valence-electron chi connectivity index (χ2n) is 6.63. The molecule has 4 heteroatoms. The summed E-state index contributed by atoms with van der Waals surface area (Å²) in [7, 11) is 0. The minimum absolute atomic E-state index is 0.107. The highest BCUT2D eigenvalue weighted by molar-refractivity contribution is 5.76. The number of nitrogens with two attached hydrogens (primary N) is 1. The summed E-state index contributed by atoms with van der Waals surface area (Å²) < 4.78 is 5.63. The summed E-state index contributed by atoms with van der Waals surface area (Å²) in [6.45, 7) is 7.99. The van der Waals surface area contributed by atoms with Gasteiger partial charge in [-0.2, -0.15) is 0 Å². The van der Waals surface area contributed by atoms with Crippen molar-refractivity contribution in [3.8, 4) is 5.75 Å². The molecule has 1 amide bonds. The molecule has 122 valence electrons. The van der Waals surface area contributed by atoms with E-state index in [-0.39, 0.29) is 12.0 Å². The van der Waals surface area contributed by atoms with E-state index in [1.54, 1.807) is 0 Å². The summed E-state index contributed by atoms with van der Waals surface area (Å²) in [6, 6.07) is 5.82. The fraction of sp³-hybridized carbons (Fsp3) is 0.611. The fourth-order valence-corrected chi connectivity index (χ4v) is 2.94. The molecular formula is C18H28N2O2. The van der Waals surface area contributed by atoms with Crippen LogP contribution in [0.15, 0.2) is 18.2 Å². The molecule has 0 bridgehead atoms. The number of hydrogen-bond donors (Lipinski definition) is 1. The van der Waals surface area contributed by atoms with Gasteiger partial charge in [-0.25, -0.2) is 0 Å². The lowest BCUT2D eigenvalue weighted by molar-refractivity contribution is -0.132. The summed E-state index contributed by atoms with van der Waals surface area (Å²) in [5, 5.41) is 0. The van der Waals surface area contributed by atoms with Gasteiger partial charge in [0.1, 0.15) is 5.75 Å². The predicted octanol–water partition coefficient (Wildman–Crippen LogP) is 3.25. The van der Waals surface area contributed by atoms with E-state index in [9.17, 15) is 4.79 Å². The first-order valence-corrected chi connectivity index (χ1v) is 8.28. The number of carbonyl (C=O) groups is 1. The highest BCUT2D eigenvalue weighted by atomic mass is 16.5. The minimum Gasteiger partial charge on any atom is -0.489 e. The number of carbonyl (C=O) groups excluding carboxylic acids is 1. The zero-order chi connectivity index (χ0) is 16.1. The average Bonchev–Trinajstić information content (AvgIpc) is 2.47. The van der Waals surface area contributed by atoms with Gasteiger partial charge in [0.05, 0.1) is 11.8 Å². The van der Waals surface area contributed by atoms with Gasteiger partial charge in [0.15, 0.2) is 0 Å². The second-order valence-corrected chi connectivity index (χ2v) is 6.63. The van der Waals surface area contributed by atoms with Crippen LogP contribution in [-0.2, 0) is 11.2 Å². The van der Waals surface area contributed by atoms with Gasteiger partial charge in [0, 0.05) is 19.5 Å². The first-order valence-electron chi connectivity index (χ1n) is 8.28. The Hall–Kier alpha value is -1.71. The largest absolute Gasteiger partial charge is 0.489 e. The first kappa shape index (κ1) is 16.7. The van der Waals surface area contributed by atoms with Gasteiger partial charge in [-0.3, -0.25) is 4.79 Å². The monoisotopic (exact) mass is 304 g/mol. The summed E-state index contributed by atoms with van der Waals surface area (Å²) in [4.78, 5) is 14.3. The van der Waals surface area contributed by atoms with E-state index in [4.69, 9.17) is 10.5 Å². The molecule has 1 saturated heterocycles. The predicted molar refractivity (Wildman–Crippen MR) is 89.9 cm³/mol. The molecule has 1 heterocycles. The number of anilines is 1. The topological polar surface area (TPSA) is 55.6 Å². The third kappa shape index (κ3) is 4.65. The van der Waals surface area contributed by atoms with Crippen molar-refractivity contribution < 1.29 is 9.53 Å². The number of rotatable bonds is 5. The molecule has 0 aliphatic carbocycles. The van der Waals surface area contributed by atoms with Gasteiger partial charge in [0.25, 0.3) is 0 Å². The Labute approximate surface area is 133 Å². The Morgan fingerprint density at radius 2 is 2.23 bits per heavy atom. The SMILES string of the molecule is CC1CCCN(C(=O)CCc2ccc(OC(C)C)c(N)c2)C1. The van der Waals surface area contributed by atoms with E-state index in [1.165, 1.54) is 6.42 Å². The lowest BCUT2D eigenvalue weighted by Gasteiger charge is -2.31. The summed E-state index contributed by atoms with van der Waals surface area (Å²) >= 11 is 0. The van der Waals surface area contributed by atoms with E-state index < -0.39 is 0 Å². The Balaban J connectivity index is 1.88. The normalized spacial score (nSPS) is 18.5. The summed E-state index contributed by atoms with van der Waals surface area (Å²) in [5.74, 6) is 1.60. The van der Waals surface area contributed by atoms with Crippen LogP contribution in [0.3, 0.4) is 0 Å². The standard InChI is InChI=1S/C18H28N2O2/c1-13(2)22-17-8-6-15(11-16(17)19)7-9-18(21)20-10-4-5-14(3)12-20/h6,8,11,13-14H,4-5,7,9-10,12,19H2,1-3H3. The average molecular weight is 304 g/mol.